The molecule has 2 aromatic rings. The Hall–Kier alpha value is -2.37. The summed E-state index contributed by atoms with van der Waals surface area (Å²) >= 11 is 0. The Morgan fingerprint density at radius 2 is 2.00 bits per heavy atom. The maximum Gasteiger partial charge on any atom is 0.258 e. The van der Waals surface area contributed by atoms with E-state index in [1.54, 1.807) is 24.3 Å². The summed E-state index contributed by atoms with van der Waals surface area (Å²) in [4.78, 5) is 11.6. The third kappa shape index (κ3) is 4.08. The third-order valence-electron chi connectivity index (χ3n) is 2.35. The highest BCUT2D eigenvalue weighted by Gasteiger charge is 2.14. The lowest BCUT2D eigenvalue weighted by Gasteiger charge is -2.20. The van der Waals surface area contributed by atoms with Gasteiger partial charge in [-0.15, -0.1) is 10.2 Å². The first-order valence-corrected chi connectivity index (χ1v) is 6.24. The van der Waals surface area contributed by atoms with Gasteiger partial charge in [0.2, 0.25) is 12.3 Å². The SMILES string of the molecule is CC(C)(C)NC(=O)COc1ccc(-c2nnco2)cc1. The van der Waals surface area contributed by atoms with Gasteiger partial charge < -0.3 is 14.5 Å². The molecule has 0 saturated carbocycles. The van der Waals surface area contributed by atoms with Gasteiger partial charge in [-0.3, -0.25) is 4.79 Å². The molecule has 0 radical (unpaired) electrons. The van der Waals surface area contributed by atoms with Crippen LogP contribution in [0.25, 0.3) is 11.5 Å². The molecule has 0 saturated heterocycles. The van der Waals surface area contributed by atoms with Crippen molar-refractivity contribution in [2.45, 2.75) is 26.3 Å². The molecule has 20 heavy (non-hydrogen) atoms. The predicted molar refractivity (Wildman–Crippen MR) is 73.1 cm³/mol. The Kier molecular flexibility index (Phi) is 4.02. The van der Waals surface area contributed by atoms with Crippen molar-refractivity contribution in [2.24, 2.45) is 0 Å². The topological polar surface area (TPSA) is 77.2 Å². The van der Waals surface area contributed by atoms with E-state index in [2.05, 4.69) is 15.5 Å². The van der Waals surface area contributed by atoms with Crippen molar-refractivity contribution < 1.29 is 13.9 Å². The van der Waals surface area contributed by atoms with Crippen molar-refractivity contribution >= 4 is 5.91 Å². The molecule has 0 aliphatic heterocycles. The number of amides is 1. The standard InChI is InChI=1S/C14H17N3O3/c1-14(2,3)16-12(18)8-19-11-6-4-10(5-7-11)13-17-15-9-20-13/h4-7,9H,8H2,1-3H3,(H,16,18). The first kappa shape index (κ1) is 14.0. The number of carbonyl (C=O) groups excluding carboxylic acids is 1. The number of aromatic nitrogens is 2. The van der Waals surface area contributed by atoms with Crippen LogP contribution >= 0.6 is 0 Å². The second-order valence-electron chi connectivity index (χ2n) is 5.36. The molecule has 0 aliphatic carbocycles. The minimum absolute atomic E-state index is 0.0167. The predicted octanol–water partition coefficient (Wildman–Crippen LogP) is 2.03. The normalized spacial score (nSPS) is 11.2. The van der Waals surface area contributed by atoms with Gasteiger partial charge >= 0.3 is 0 Å². The van der Waals surface area contributed by atoms with Crippen molar-refractivity contribution in [1.29, 1.82) is 0 Å². The molecule has 0 atom stereocenters. The van der Waals surface area contributed by atoms with Crippen molar-refractivity contribution in [1.82, 2.24) is 15.5 Å². The Morgan fingerprint density at radius 1 is 1.30 bits per heavy atom. The van der Waals surface area contributed by atoms with Crippen LogP contribution in [0.1, 0.15) is 20.8 Å². The van der Waals surface area contributed by atoms with E-state index >= 15 is 0 Å². The molecular weight excluding hydrogens is 258 g/mol. The van der Waals surface area contributed by atoms with Crippen LogP contribution in [0.3, 0.4) is 0 Å². The second kappa shape index (κ2) is 5.73. The molecule has 0 fully saturated rings. The van der Waals surface area contributed by atoms with Crippen LogP contribution in [0, 0.1) is 0 Å². The highest BCUT2D eigenvalue weighted by molar-refractivity contribution is 5.78. The van der Waals surface area contributed by atoms with Crippen LogP contribution in [-0.2, 0) is 4.79 Å². The highest BCUT2D eigenvalue weighted by Crippen LogP contribution is 2.20. The van der Waals surface area contributed by atoms with E-state index < -0.39 is 0 Å². The van der Waals surface area contributed by atoms with E-state index in [0.717, 1.165) is 5.56 Å². The lowest BCUT2D eigenvalue weighted by molar-refractivity contribution is -0.124. The van der Waals surface area contributed by atoms with Gasteiger partial charge in [-0.25, -0.2) is 0 Å². The summed E-state index contributed by atoms with van der Waals surface area (Å²) in [5, 5.41) is 10.2. The summed E-state index contributed by atoms with van der Waals surface area (Å²) in [6.45, 7) is 5.75. The maximum atomic E-state index is 11.6. The minimum atomic E-state index is -0.262. The smallest absolute Gasteiger partial charge is 0.258 e. The zero-order valence-electron chi connectivity index (χ0n) is 11.7. The summed E-state index contributed by atoms with van der Waals surface area (Å²) in [6.07, 6.45) is 1.27. The molecule has 1 amide bonds. The summed E-state index contributed by atoms with van der Waals surface area (Å²) in [6, 6.07) is 7.10. The number of ether oxygens (including phenoxy) is 1. The van der Waals surface area contributed by atoms with Gasteiger partial charge in [-0.1, -0.05) is 0 Å². The maximum absolute atomic E-state index is 11.6. The molecule has 0 unspecified atom stereocenters. The van der Waals surface area contributed by atoms with E-state index in [4.69, 9.17) is 9.15 Å². The van der Waals surface area contributed by atoms with Crippen molar-refractivity contribution in [2.75, 3.05) is 6.61 Å². The van der Waals surface area contributed by atoms with E-state index in [9.17, 15) is 4.79 Å². The molecule has 0 aliphatic rings. The van der Waals surface area contributed by atoms with Crippen LogP contribution in [0.2, 0.25) is 0 Å². The number of carbonyl (C=O) groups is 1. The van der Waals surface area contributed by atoms with Crippen LogP contribution in [0.5, 0.6) is 5.75 Å². The summed E-state index contributed by atoms with van der Waals surface area (Å²) in [7, 11) is 0. The van der Waals surface area contributed by atoms with Gasteiger partial charge in [-0.05, 0) is 45.0 Å². The first-order valence-electron chi connectivity index (χ1n) is 6.24. The largest absolute Gasteiger partial charge is 0.484 e. The Morgan fingerprint density at radius 3 is 2.55 bits per heavy atom. The lowest BCUT2D eigenvalue weighted by atomic mass is 10.1. The molecule has 1 aromatic heterocycles. The van der Waals surface area contributed by atoms with E-state index in [-0.39, 0.29) is 18.1 Å². The van der Waals surface area contributed by atoms with E-state index in [0.29, 0.717) is 11.6 Å². The van der Waals surface area contributed by atoms with Gasteiger partial charge in [0, 0.05) is 11.1 Å². The molecule has 1 heterocycles. The Labute approximate surface area is 117 Å². The first-order chi connectivity index (χ1) is 9.44. The monoisotopic (exact) mass is 275 g/mol. The van der Waals surface area contributed by atoms with Crippen molar-refractivity contribution in [3.63, 3.8) is 0 Å². The molecule has 6 heteroatoms. The minimum Gasteiger partial charge on any atom is -0.484 e. The van der Waals surface area contributed by atoms with Crippen molar-refractivity contribution in [3.8, 4) is 17.2 Å². The van der Waals surface area contributed by atoms with Gasteiger partial charge in [0.15, 0.2) is 6.61 Å². The molecule has 2 rings (SSSR count). The average molecular weight is 275 g/mol. The molecular formula is C14H17N3O3. The number of hydrogen-bond donors (Lipinski definition) is 1. The van der Waals surface area contributed by atoms with Crippen LogP contribution in [-0.4, -0.2) is 28.3 Å². The Bertz CT molecular complexity index is 556. The zero-order chi connectivity index (χ0) is 14.6. The fraction of sp³-hybridized carbons (Fsp3) is 0.357. The average Bonchev–Trinajstić information content (AvgIpc) is 2.89. The number of nitrogens with one attached hydrogen (secondary N) is 1. The summed E-state index contributed by atoms with van der Waals surface area (Å²) < 4.78 is 10.5. The zero-order valence-corrected chi connectivity index (χ0v) is 11.7. The summed E-state index contributed by atoms with van der Waals surface area (Å²) in [5.74, 6) is 0.901. The van der Waals surface area contributed by atoms with Gasteiger partial charge in [-0.2, -0.15) is 0 Å². The quantitative estimate of drug-likeness (QED) is 0.923. The van der Waals surface area contributed by atoms with Gasteiger partial charge in [0.05, 0.1) is 0 Å². The number of rotatable bonds is 4. The van der Waals surface area contributed by atoms with Crippen LogP contribution in [0.15, 0.2) is 35.1 Å². The number of hydrogen-bond acceptors (Lipinski definition) is 5. The number of benzene rings is 1. The second-order valence-corrected chi connectivity index (χ2v) is 5.36. The molecule has 0 bridgehead atoms. The van der Waals surface area contributed by atoms with E-state index in [1.807, 2.05) is 20.8 Å². The summed E-state index contributed by atoms with van der Waals surface area (Å²) in [5.41, 5.74) is 0.538. The molecule has 6 nitrogen and oxygen atoms in total. The molecule has 106 valence electrons. The van der Waals surface area contributed by atoms with Gasteiger partial charge in [0.25, 0.3) is 5.91 Å². The Balaban J connectivity index is 1.90. The van der Waals surface area contributed by atoms with E-state index in [1.165, 1.54) is 6.39 Å². The van der Waals surface area contributed by atoms with Crippen molar-refractivity contribution in [3.05, 3.63) is 30.7 Å². The van der Waals surface area contributed by atoms with Gasteiger partial charge in [0.1, 0.15) is 5.75 Å². The molecule has 1 N–H and O–H groups in total. The molecule has 0 spiro atoms. The fourth-order valence-electron chi connectivity index (χ4n) is 1.60. The number of nitrogens with zero attached hydrogens (tertiary/aromatic N) is 2. The highest BCUT2D eigenvalue weighted by atomic mass is 16.5. The fourth-order valence-corrected chi connectivity index (χ4v) is 1.60. The van der Waals surface area contributed by atoms with Crippen LogP contribution < -0.4 is 10.1 Å². The lowest BCUT2D eigenvalue weighted by Crippen LogP contribution is -2.43. The van der Waals surface area contributed by atoms with Crippen LogP contribution in [0.4, 0.5) is 0 Å². The molecule has 1 aromatic carbocycles. The third-order valence-corrected chi connectivity index (χ3v) is 2.35.